The Morgan fingerprint density at radius 2 is 1.80 bits per heavy atom. The summed E-state index contributed by atoms with van der Waals surface area (Å²) in [6.45, 7) is 0.217. The first-order chi connectivity index (χ1) is 14.1. The van der Waals surface area contributed by atoms with Gasteiger partial charge < -0.3 is 10.2 Å². The minimum Gasteiger partial charge on any atom is -0.366 e. The largest absolute Gasteiger partial charge is 0.366 e. The number of hydrogen-bond donors (Lipinski definition) is 2. The van der Waals surface area contributed by atoms with Crippen molar-refractivity contribution in [3.63, 3.8) is 0 Å². The third-order valence-electron chi connectivity index (χ3n) is 4.66. The van der Waals surface area contributed by atoms with E-state index < -0.39 is 16.1 Å². The summed E-state index contributed by atoms with van der Waals surface area (Å²) >= 11 is 7.53. The fourth-order valence-corrected chi connectivity index (χ4v) is 4.24. The van der Waals surface area contributed by atoms with E-state index in [1.807, 2.05) is 12.1 Å². The first-order valence-electron chi connectivity index (χ1n) is 8.84. The number of sulfonamides is 1. The summed E-state index contributed by atoms with van der Waals surface area (Å²) in [6.07, 6.45) is -0.0120. The smallest absolute Gasteiger partial charge is 0.257 e. The first-order valence-corrected chi connectivity index (χ1v) is 11.9. The molecular formula is C19H19IN4O4S2. The Morgan fingerprint density at radius 3 is 2.33 bits per heavy atom. The maximum Gasteiger partial charge on any atom is 0.257 e. The molecule has 1 fully saturated rings. The van der Waals surface area contributed by atoms with E-state index in [2.05, 4.69) is 27.9 Å². The lowest BCUT2D eigenvalue weighted by atomic mass is 10.1. The van der Waals surface area contributed by atoms with Crippen LogP contribution in [0.4, 0.5) is 5.69 Å². The molecule has 158 valence electrons. The van der Waals surface area contributed by atoms with E-state index in [0.717, 1.165) is 3.57 Å². The van der Waals surface area contributed by atoms with Crippen LogP contribution in [0.5, 0.6) is 0 Å². The average Bonchev–Trinajstić information content (AvgIpc) is 3.00. The van der Waals surface area contributed by atoms with Crippen LogP contribution in [-0.4, -0.2) is 43.3 Å². The van der Waals surface area contributed by atoms with Crippen molar-refractivity contribution in [3.05, 3.63) is 57.7 Å². The van der Waals surface area contributed by atoms with Gasteiger partial charge in [0.25, 0.3) is 5.91 Å². The normalized spacial score (nSPS) is 16.6. The molecule has 30 heavy (non-hydrogen) atoms. The van der Waals surface area contributed by atoms with Crippen LogP contribution in [-0.2, 0) is 26.2 Å². The number of carbonyl (C=O) groups excluding carboxylic acids is 2. The molecule has 2 aromatic carbocycles. The zero-order valence-corrected chi connectivity index (χ0v) is 19.7. The van der Waals surface area contributed by atoms with Crippen LogP contribution >= 0.6 is 34.8 Å². The standard InChI is InChI=1S/C19H19IN4O4S2/c1-22-19(29)23(11-12-2-8-15(9-3-12)30(21,27)28)16-10-17(25)24(18(16)26)14-6-4-13(20)5-7-14/h2-9,16H,10-11H2,1H3,(H,22,29)(H2,21,27,28)/t16-/m0/s1. The second-order valence-corrected chi connectivity index (χ2v) is 9.83. The zero-order valence-electron chi connectivity index (χ0n) is 15.9. The highest BCUT2D eigenvalue weighted by Gasteiger charge is 2.43. The van der Waals surface area contributed by atoms with Gasteiger partial charge in [-0.15, -0.1) is 0 Å². The van der Waals surface area contributed by atoms with Gasteiger partial charge in [0, 0.05) is 17.2 Å². The number of nitrogens with zero attached hydrogens (tertiary/aromatic N) is 2. The maximum absolute atomic E-state index is 13.1. The van der Waals surface area contributed by atoms with Gasteiger partial charge in [-0.3, -0.25) is 9.59 Å². The number of primary sulfonamides is 1. The van der Waals surface area contributed by atoms with Crippen molar-refractivity contribution in [3.8, 4) is 0 Å². The van der Waals surface area contributed by atoms with Crippen LogP contribution in [0, 0.1) is 3.57 Å². The minimum atomic E-state index is -3.80. The van der Waals surface area contributed by atoms with Crippen molar-refractivity contribution in [1.82, 2.24) is 10.2 Å². The van der Waals surface area contributed by atoms with Gasteiger partial charge >= 0.3 is 0 Å². The van der Waals surface area contributed by atoms with Crippen LogP contribution in [0.3, 0.4) is 0 Å². The van der Waals surface area contributed by atoms with E-state index in [1.54, 1.807) is 36.2 Å². The summed E-state index contributed by atoms with van der Waals surface area (Å²) in [4.78, 5) is 28.6. The molecule has 0 bridgehead atoms. The van der Waals surface area contributed by atoms with Crippen molar-refractivity contribution in [1.29, 1.82) is 0 Å². The highest BCUT2D eigenvalue weighted by atomic mass is 127. The number of hydrogen-bond acceptors (Lipinski definition) is 5. The van der Waals surface area contributed by atoms with E-state index in [0.29, 0.717) is 16.4 Å². The summed E-state index contributed by atoms with van der Waals surface area (Å²) in [7, 11) is -2.16. The molecule has 0 unspecified atom stereocenters. The van der Waals surface area contributed by atoms with Crippen molar-refractivity contribution >= 4 is 67.4 Å². The van der Waals surface area contributed by atoms with Gasteiger partial charge in [-0.05, 0) is 76.8 Å². The van der Waals surface area contributed by atoms with Gasteiger partial charge in [0.05, 0.1) is 17.0 Å². The molecule has 1 saturated heterocycles. The molecule has 2 amide bonds. The van der Waals surface area contributed by atoms with Crippen molar-refractivity contribution in [2.24, 2.45) is 5.14 Å². The molecule has 0 aliphatic carbocycles. The van der Waals surface area contributed by atoms with Crippen LogP contribution in [0.1, 0.15) is 12.0 Å². The Hall–Kier alpha value is -2.09. The van der Waals surface area contributed by atoms with E-state index in [4.69, 9.17) is 17.4 Å². The van der Waals surface area contributed by atoms with Crippen LogP contribution in [0.15, 0.2) is 53.4 Å². The molecule has 0 saturated carbocycles. The first kappa shape index (κ1) is 22.6. The molecule has 8 nitrogen and oxygen atoms in total. The number of rotatable bonds is 5. The summed E-state index contributed by atoms with van der Waals surface area (Å²) < 4.78 is 23.9. The van der Waals surface area contributed by atoms with Gasteiger partial charge in [-0.1, -0.05) is 12.1 Å². The van der Waals surface area contributed by atoms with Crippen molar-refractivity contribution in [2.45, 2.75) is 23.9 Å². The lowest BCUT2D eigenvalue weighted by Crippen LogP contribution is -2.48. The number of anilines is 1. The molecule has 1 aliphatic rings. The number of nitrogens with two attached hydrogens (primary N) is 1. The van der Waals surface area contributed by atoms with E-state index >= 15 is 0 Å². The van der Waals surface area contributed by atoms with Crippen molar-refractivity contribution < 1.29 is 18.0 Å². The molecule has 1 heterocycles. The Labute approximate surface area is 193 Å². The second-order valence-electron chi connectivity index (χ2n) is 6.64. The molecule has 3 rings (SSSR count). The number of amides is 2. The van der Waals surface area contributed by atoms with E-state index in [-0.39, 0.29) is 29.7 Å². The van der Waals surface area contributed by atoms with Gasteiger partial charge in [-0.2, -0.15) is 0 Å². The van der Waals surface area contributed by atoms with Crippen molar-refractivity contribution in [2.75, 3.05) is 11.9 Å². The van der Waals surface area contributed by atoms with E-state index in [9.17, 15) is 18.0 Å². The highest BCUT2D eigenvalue weighted by molar-refractivity contribution is 14.1. The summed E-state index contributed by atoms with van der Waals surface area (Å²) in [5, 5.41) is 8.29. The summed E-state index contributed by atoms with van der Waals surface area (Å²) in [5.41, 5.74) is 1.23. The average molecular weight is 558 g/mol. The Bertz CT molecular complexity index is 1090. The molecule has 1 atom stereocenters. The Kier molecular flexibility index (Phi) is 6.75. The predicted octanol–water partition coefficient (Wildman–Crippen LogP) is 1.58. The molecule has 3 N–H and O–H groups in total. The third-order valence-corrected chi connectivity index (χ3v) is 6.75. The minimum absolute atomic E-state index is 0.00833. The molecule has 0 spiro atoms. The lowest BCUT2D eigenvalue weighted by molar-refractivity contribution is -0.122. The number of carbonyl (C=O) groups is 2. The summed E-state index contributed by atoms with van der Waals surface area (Å²) in [6, 6.07) is 12.3. The molecule has 2 aromatic rings. The van der Waals surface area contributed by atoms with Gasteiger partial charge in [0.1, 0.15) is 6.04 Å². The Morgan fingerprint density at radius 1 is 1.20 bits per heavy atom. The molecule has 0 radical (unpaired) electrons. The SMILES string of the molecule is CNC(=S)N(Cc1ccc(S(N)(=O)=O)cc1)[C@H]1CC(=O)N(c2ccc(I)cc2)C1=O. The van der Waals surface area contributed by atoms with E-state index in [1.165, 1.54) is 17.0 Å². The van der Waals surface area contributed by atoms with Crippen LogP contribution in [0.2, 0.25) is 0 Å². The quantitative estimate of drug-likeness (QED) is 0.326. The molecular weight excluding hydrogens is 539 g/mol. The molecule has 0 aromatic heterocycles. The zero-order chi connectivity index (χ0) is 22.1. The van der Waals surface area contributed by atoms with Crippen LogP contribution in [0.25, 0.3) is 0 Å². The second kappa shape index (κ2) is 8.96. The number of thiocarbonyl (C=S) groups is 1. The van der Waals surface area contributed by atoms with Crippen LogP contribution < -0.4 is 15.4 Å². The third kappa shape index (κ3) is 4.79. The lowest BCUT2D eigenvalue weighted by Gasteiger charge is -2.29. The number of nitrogens with one attached hydrogen (secondary N) is 1. The molecule has 11 heteroatoms. The fourth-order valence-electron chi connectivity index (χ4n) is 3.17. The van der Waals surface area contributed by atoms with Gasteiger partial charge in [0.2, 0.25) is 15.9 Å². The number of imide groups is 1. The van der Waals surface area contributed by atoms with Gasteiger partial charge in [0.15, 0.2) is 5.11 Å². The number of halogens is 1. The highest BCUT2D eigenvalue weighted by Crippen LogP contribution is 2.27. The molecule has 1 aliphatic heterocycles. The monoisotopic (exact) mass is 558 g/mol. The Balaban J connectivity index is 1.87. The fraction of sp³-hybridized carbons (Fsp3) is 0.211. The summed E-state index contributed by atoms with van der Waals surface area (Å²) in [5.74, 6) is -0.667. The predicted molar refractivity (Wildman–Crippen MR) is 125 cm³/mol. The topological polar surface area (TPSA) is 113 Å². The maximum atomic E-state index is 13.1. The number of benzene rings is 2. The van der Waals surface area contributed by atoms with Gasteiger partial charge in [-0.25, -0.2) is 18.5 Å².